The van der Waals surface area contributed by atoms with Crippen LogP contribution in [0, 0.1) is 13.8 Å². The molecular weight excluding hydrogens is 342 g/mol. The van der Waals surface area contributed by atoms with Gasteiger partial charge in [-0.1, -0.05) is 52.8 Å². The van der Waals surface area contributed by atoms with Gasteiger partial charge in [-0.25, -0.2) is 4.98 Å². The van der Waals surface area contributed by atoms with Crippen LogP contribution in [0.2, 0.25) is 0 Å². The van der Waals surface area contributed by atoms with Crippen molar-refractivity contribution in [1.82, 2.24) is 15.0 Å². The lowest BCUT2D eigenvalue weighted by Crippen LogP contribution is -2.22. The maximum absolute atomic E-state index is 4.63. The number of nitrogens with one attached hydrogen (secondary N) is 2. The van der Waals surface area contributed by atoms with E-state index in [-0.39, 0.29) is 10.8 Å². The number of rotatable bonds is 3. The van der Waals surface area contributed by atoms with Crippen molar-refractivity contribution in [3.05, 3.63) is 64.6 Å². The molecule has 2 N–H and O–H groups in total. The van der Waals surface area contributed by atoms with E-state index in [1.807, 2.05) is 0 Å². The average Bonchev–Trinajstić information content (AvgIpc) is 3.19. The third-order valence-corrected chi connectivity index (χ3v) is 6.01. The van der Waals surface area contributed by atoms with Crippen LogP contribution in [0.5, 0.6) is 0 Å². The van der Waals surface area contributed by atoms with E-state index in [2.05, 4.69) is 93.9 Å². The molecule has 3 nitrogen and oxygen atoms in total. The molecule has 0 saturated carbocycles. The number of aromatic amines is 2. The van der Waals surface area contributed by atoms with Gasteiger partial charge in [0.25, 0.3) is 0 Å². The van der Waals surface area contributed by atoms with E-state index in [0.717, 1.165) is 17.5 Å². The van der Waals surface area contributed by atoms with E-state index in [1.54, 1.807) is 6.33 Å². The van der Waals surface area contributed by atoms with Crippen LogP contribution in [-0.2, 0) is 17.3 Å². The van der Waals surface area contributed by atoms with Gasteiger partial charge in [0.2, 0.25) is 0 Å². The maximum Gasteiger partial charge on any atom is 0.0932 e. The van der Waals surface area contributed by atoms with Crippen LogP contribution in [0.4, 0.5) is 0 Å². The summed E-state index contributed by atoms with van der Waals surface area (Å²) in [6.07, 6.45) is 4.97. The maximum atomic E-state index is 4.63. The van der Waals surface area contributed by atoms with Crippen LogP contribution in [-0.4, -0.2) is 15.0 Å². The molecule has 0 fully saturated rings. The zero-order valence-corrected chi connectivity index (χ0v) is 18.1. The van der Waals surface area contributed by atoms with Crippen molar-refractivity contribution >= 4 is 21.9 Å². The fourth-order valence-corrected chi connectivity index (χ4v) is 5.00. The minimum Gasteiger partial charge on any atom is -0.361 e. The van der Waals surface area contributed by atoms with Gasteiger partial charge in [-0.3, -0.25) is 0 Å². The molecule has 4 rings (SSSR count). The van der Waals surface area contributed by atoms with E-state index in [1.165, 1.54) is 38.7 Å². The van der Waals surface area contributed by atoms with Crippen molar-refractivity contribution in [3.63, 3.8) is 0 Å². The minimum absolute atomic E-state index is 0.0271. The smallest absolute Gasteiger partial charge is 0.0932 e. The van der Waals surface area contributed by atoms with Gasteiger partial charge in [-0.15, -0.1) is 0 Å². The number of H-pyrrole nitrogens is 2. The summed E-state index contributed by atoms with van der Waals surface area (Å²) in [6, 6.07) is 8.88. The molecule has 0 atom stereocenters. The first-order valence-corrected chi connectivity index (χ1v) is 10.1. The third kappa shape index (κ3) is 2.94. The van der Waals surface area contributed by atoms with Gasteiger partial charge in [0, 0.05) is 17.1 Å². The molecule has 0 amide bonds. The number of imidazole rings is 1. The molecule has 146 valence electrons. The molecule has 0 spiro atoms. The van der Waals surface area contributed by atoms with Crippen molar-refractivity contribution in [1.29, 1.82) is 0 Å². The van der Waals surface area contributed by atoms with Crippen LogP contribution in [0.3, 0.4) is 0 Å². The molecule has 0 aliphatic carbocycles. The van der Waals surface area contributed by atoms with Crippen molar-refractivity contribution in [2.45, 2.75) is 65.7 Å². The Morgan fingerprint density at radius 1 is 0.857 bits per heavy atom. The molecule has 2 heterocycles. The first-order valence-electron chi connectivity index (χ1n) is 10.1. The van der Waals surface area contributed by atoms with E-state index < -0.39 is 0 Å². The number of hydrogen-bond acceptors (Lipinski definition) is 1. The predicted octanol–water partition coefficient (Wildman–Crippen LogP) is 6.48. The molecule has 0 bridgehead atoms. The Kier molecular flexibility index (Phi) is 4.18. The standard InChI is InChI=1S/C25H31N3/c1-15-8-10-18-17(13-26-22(18)20(15)24(3,4)5)12-25(6,7)21-16(2)9-11-19-23(21)28-14-27-19/h8-11,13-14,26H,12H2,1-7H3,(H,27,28). The summed E-state index contributed by atoms with van der Waals surface area (Å²) in [4.78, 5) is 11.5. The highest BCUT2D eigenvalue weighted by molar-refractivity contribution is 5.88. The quantitative estimate of drug-likeness (QED) is 0.424. The predicted molar refractivity (Wildman–Crippen MR) is 119 cm³/mol. The van der Waals surface area contributed by atoms with Crippen molar-refractivity contribution in [3.8, 4) is 0 Å². The molecule has 4 aromatic rings. The highest BCUT2D eigenvalue weighted by atomic mass is 14.9. The van der Waals surface area contributed by atoms with Gasteiger partial charge in [-0.2, -0.15) is 0 Å². The number of fused-ring (bicyclic) bond motifs is 2. The lowest BCUT2D eigenvalue weighted by molar-refractivity contribution is 0.525. The Morgan fingerprint density at radius 3 is 2.25 bits per heavy atom. The van der Waals surface area contributed by atoms with Crippen molar-refractivity contribution in [2.24, 2.45) is 0 Å². The number of benzene rings is 2. The lowest BCUT2D eigenvalue weighted by Gasteiger charge is -2.28. The summed E-state index contributed by atoms with van der Waals surface area (Å²) in [5.41, 5.74) is 10.3. The molecule has 28 heavy (non-hydrogen) atoms. The Bertz CT molecular complexity index is 1170. The highest BCUT2D eigenvalue weighted by Gasteiger charge is 2.28. The summed E-state index contributed by atoms with van der Waals surface area (Å²) >= 11 is 0. The molecule has 0 saturated heterocycles. The molecule has 0 aliphatic rings. The Labute approximate surface area is 167 Å². The van der Waals surface area contributed by atoms with Gasteiger partial charge in [-0.05, 0) is 65.0 Å². The van der Waals surface area contributed by atoms with Crippen LogP contribution in [0.1, 0.15) is 62.4 Å². The lowest BCUT2D eigenvalue weighted by atomic mass is 9.76. The molecule has 0 unspecified atom stereocenters. The molecule has 0 radical (unpaired) electrons. The summed E-state index contributed by atoms with van der Waals surface area (Å²) in [5, 5.41) is 1.34. The van der Waals surface area contributed by atoms with Crippen molar-refractivity contribution in [2.75, 3.05) is 0 Å². The number of nitrogens with zero attached hydrogens (tertiary/aromatic N) is 1. The molecule has 0 aliphatic heterocycles. The zero-order valence-electron chi connectivity index (χ0n) is 18.1. The third-order valence-electron chi connectivity index (χ3n) is 6.01. The molecular formula is C25H31N3. The van der Waals surface area contributed by atoms with E-state index in [9.17, 15) is 0 Å². The van der Waals surface area contributed by atoms with Gasteiger partial charge >= 0.3 is 0 Å². The van der Waals surface area contributed by atoms with E-state index in [4.69, 9.17) is 0 Å². The van der Waals surface area contributed by atoms with Crippen LogP contribution in [0.25, 0.3) is 21.9 Å². The number of aryl methyl sites for hydroxylation is 2. The topological polar surface area (TPSA) is 44.5 Å². The second-order valence-electron chi connectivity index (χ2n) is 9.86. The molecule has 2 aromatic carbocycles. The first-order chi connectivity index (χ1) is 13.1. The number of hydrogen-bond donors (Lipinski definition) is 2. The number of aromatic nitrogens is 3. The van der Waals surface area contributed by atoms with Crippen molar-refractivity contribution < 1.29 is 0 Å². The summed E-state index contributed by atoms with van der Waals surface area (Å²) in [7, 11) is 0. The summed E-state index contributed by atoms with van der Waals surface area (Å²) < 4.78 is 0. The normalized spacial score (nSPS) is 13.0. The minimum atomic E-state index is -0.0271. The van der Waals surface area contributed by atoms with Crippen LogP contribution in [0.15, 0.2) is 36.8 Å². The van der Waals surface area contributed by atoms with E-state index in [0.29, 0.717) is 0 Å². The molecule has 3 heteroatoms. The Morgan fingerprint density at radius 2 is 1.54 bits per heavy atom. The Balaban J connectivity index is 1.84. The fraction of sp³-hybridized carbons (Fsp3) is 0.400. The average molecular weight is 374 g/mol. The molecule has 2 aromatic heterocycles. The second-order valence-corrected chi connectivity index (χ2v) is 9.86. The van der Waals surface area contributed by atoms with Gasteiger partial charge < -0.3 is 9.97 Å². The van der Waals surface area contributed by atoms with Gasteiger partial charge in [0.1, 0.15) is 0 Å². The second kappa shape index (κ2) is 6.23. The highest BCUT2D eigenvalue weighted by Crippen LogP contribution is 2.38. The van der Waals surface area contributed by atoms with Gasteiger partial charge in [0.05, 0.1) is 17.4 Å². The first kappa shape index (κ1) is 18.8. The fourth-order valence-electron chi connectivity index (χ4n) is 5.00. The monoisotopic (exact) mass is 373 g/mol. The summed E-state index contributed by atoms with van der Waals surface area (Å²) in [6.45, 7) is 16.0. The SMILES string of the molecule is Cc1ccc2[nH]cnc2c1C(C)(C)Cc1c[nH]c2c(C(C)(C)C)c(C)ccc12. The van der Waals surface area contributed by atoms with Crippen LogP contribution < -0.4 is 0 Å². The largest absolute Gasteiger partial charge is 0.361 e. The van der Waals surface area contributed by atoms with Gasteiger partial charge in [0.15, 0.2) is 0 Å². The zero-order chi connectivity index (χ0) is 20.3. The van der Waals surface area contributed by atoms with E-state index >= 15 is 0 Å². The van der Waals surface area contributed by atoms with Crippen LogP contribution >= 0.6 is 0 Å². The summed E-state index contributed by atoms with van der Waals surface area (Å²) in [5.74, 6) is 0. The Hall–Kier alpha value is -2.55.